The fourth-order valence-electron chi connectivity index (χ4n) is 4.22. The SMILES string of the molecule is CCOC(=O)C1=C(C)N=c2s/c(=C\c3cc(OC)c(O)c([N+](=O)[O-])c3)c(=O)n2[C@H]1c1ccccc1OCC. The maximum atomic E-state index is 13.8. The monoisotopic (exact) mass is 539 g/mol. The number of carbonyl (C=O) groups is 1. The van der Waals surface area contributed by atoms with Crippen molar-refractivity contribution >= 4 is 29.1 Å². The Kier molecular flexibility index (Phi) is 7.62. The second kappa shape index (κ2) is 10.9. The van der Waals surface area contributed by atoms with E-state index in [1.54, 1.807) is 38.1 Å². The molecule has 12 heteroatoms. The van der Waals surface area contributed by atoms with Gasteiger partial charge in [-0.1, -0.05) is 29.5 Å². The van der Waals surface area contributed by atoms with Crippen molar-refractivity contribution in [3.05, 3.63) is 88.6 Å². The third-order valence-corrected chi connectivity index (χ3v) is 6.80. The lowest BCUT2D eigenvalue weighted by Gasteiger charge is -2.26. The van der Waals surface area contributed by atoms with E-state index in [1.165, 1.54) is 23.8 Å². The number of esters is 1. The van der Waals surface area contributed by atoms with Crippen LogP contribution >= 0.6 is 11.3 Å². The number of hydrogen-bond donors (Lipinski definition) is 1. The number of nitrogens with zero attached hydrogens (tertiary/aromatic N) is 3. The first-order valence-electron chi connectivity index (χ1n) is 11.7. The van der Waals surface area contributed by atoms with Crippen LogP contribution in [0.2, 0.25) is 0 Å². The summed E-state index contributed by atoms with van der Waals surface area (Å²) in [6.45, 7) is 5.71. The fourth-order valence-corrected chi connectivity index (χ4v) is 5.27. The second-order valence-electron chi connectivity index (χ2n) is 8.12. The fraction of sp³-hybridized carbons (Fsp3) is 0.269. The molecule has 0 unspecified atom stereocenters. The Morgan fingerprint density at radius 3 is 2.63 bits per heavy atom. The van der Waals surface area contributed by atoms with E-state index in [4.69, 9.17) is 14.2 Å². The Bertz CT molecular complexity index is 1640. The standard InChI is InChI=1S/C26H25N3O8S/c1-5-36-18-10-8-7-9-16(18)22-21(25(32)37-6-2)14(3)27-26-28(22)24(31)20(38-26)13-15-11-17(29(33)34)23(30)19(12-15)35-4/h7-13,22,30H,5-6H2,1-4H3/b20-13-/t22-/m0/s1. The number of carbonyl (C=O) groups excluding carboxylic acids is 1. The van der Waals surface area contributed by atoms with Crippen LogP contribution in [0.1, 0.15) is 37.9 Å². The van der Waals surface area contributed by atoms with E-state index in [2.05, 4.69) is 4.99 Å². The third-order valence-electron chi connectivity index (χ3n) is 5.82. The van der Waals surface area contributed by atoms with Crippen molar-refractivity contribution in [2.24, 2.45) is 4.99 Å². The summed E-state index contributed by atoms with van der Waals surface area (Å²) in [4.78, 5) is 42.4. The van der Waals surface area contributed by atoms with E-state index < -0.39 is 33.9 Å². The molecule has 4 rings (SSSR count). The number of methoxy groups -OCH3 is 1. The predicted molar refractivity (Wildman–Crippen MR) is 139 cm³/mol. The van der Waals surface area contributed by atoms with E-state index in [9.17, 15) is 24.8 Å². The molecule has 1 aliphatic rings. The highest BCUT2D eigenvalue weighted by Gasteiger charge is 2.35. The summed E-state index contributed by atoms with van der Waals surface area (Å²) in [6, 6.07) is 8.77. The summed E-state index contributed by atoms with van der Waals surface area (Å²) >= 11 is 1.07. The number of phenols is 1. The number of ether oxygens (including phenoxy) is 3. The summed E-state index contributed by atoms with van der Waals surface area (Å²) in [6.07, 6.45) is 1.45. The molecule has 2 heterocycles. The van der Waals surface area contributed by atoms with Gasteiger partial charge in [0, 0.05) is 11.6 Å². The number of hydrogen-bond acceptors (Lipinski definition) is 10. The number of aromatic hydroxyl groups is 1. The molecule has 1 aromatic heterocycles. The normalized spacial score (nSPS) is 15.1. The maximum absolute atomic E-state index is 13.8. The zero-order valence-electron chi connectivity index (χ0n) is 21.1. The molecule has 198 valence electrons. The molecular formula is C26H25N3O8S. The average Bonchev–Trinajstić information content (AvgIpc) is 3.18. The van der Waals surface area contributed by atoms with Crippen LogP contribution in [0, 0.1) is 10.1 Å². The highest BCUT2D eigenvalue weighted by atomic mass is 32.1. The van der Waals surface area contributed by atoms with Gasteiger partial charge in [0.1, 0.15) is 11.8 Å². The molecule has 0 spiro atoms. The lowest BCUT2D eigenvalue weighted by atomic mass is 9.95. The number of fused-ring (bicyclic) bond motifs is 1. The lowest BCUT2D eigenvalue weighted by Crippen LogP contribution is -2.40. The molecule has 0 fully saturated rings. The summed E-state index contributed by atoms with van der Waals surface area (Å²) < 4.78 is 17.8. The maximum Gasteiger partial charge on any atom is 0.338 e. The van der Waals surface area contributed by atoms with E-state index in [0.717, 1.165) is 17.4 Å². The average molecular weight is 540 g/mol. The first-order chi connectivity index (χ1) is 18.2. The van der Waals surface area contributed by atoms with Crippen molar-refractivity contribution in [1.29, 1.82) is 0 Å². The molecule has 0 amide bonds. The molecule has 2 aromatic carbocycles. The summed E-state index contributed by atoms with van der Waals surface area (Å²) in [5.74, 6) is -0.816. The lowest BCUT2D eigenvalue weighted by molar-refractivity contribution is -0.386. The van der Waals surface area contributed by atoms with Crippen molar-refractivity contribution in [1.82, 2.24) is 4.57 Å². The molecule has 0 bridgehead atoms. The van der Waals surface area contributed by atoms with Crippen LogP contribution < -0.4 is 24.4 Å². The highest BCUT2D eigenvalue weighted by Crippen LogP contribution is 2.38. The number of phenolic OH excluding ortho intramolecular Hbond substituents is 1. The minimum atomic E-state index is -0.876. The molecule has 0 radical (unpaired) electrons. The van der Waals surface area contributed by atoms with Crippen molar-refractivity contribution in [2.45, 2.75) is 26.8 Å². The van der Waals surface area contributed by atoms with Crippen LogP contribution in [0.3, 0.4) is 0 Å². The largest absolute Gasteiger partial charge is 0.500 e. The number of para-hydroxylation sites is 1. The topological polar surface area (TPSA) is 142 Å². The van der Waals surface area contributed by atoms with E-state index in [1.807, 2.05) is 6.92 Å². The number of allylic oxidation sites excluding steroid dienone is 1. The van der Waals surface area contributed by atoms with Gasteiger partial charge in [-0.2, -0.15) is 0 Å². The third kappa shape index (κ3) is 4.77. The van der Waals surface area contributed by atoms with Crippen LogP contribution in [0.5, 0.6) is 17.2 Å². The quantitative estimate of drug-likeness (QED) is 0.262. The van der Waals surface area contributed by atoms with Gasteiger partial charge in [0.05, 0.1) is 41.0 Å². The Balaban J connectivity index is 1.99. The van der Waals surface area contributed by atoms with Crippen LogP contribution in [-0.4, -0.2) is 40.9 Å². The number of benzene rings is 2. The highest BCUT2D eigenvalue weighted by molar-refractivity contribution is 7.07. The van der Waals surface area contributed by atoms with Gasteiger partial charge in [-0.3, -0.25) is 19.5 Å². The molecule has 0 saturated heterocycles. The van der Waals surface area contributed by atoms with Gasteiger partial charge in [-0.15, -0.1) is 0 Å². The molecule has 1 N–H and O–H groups in total. The molecule has 1 atom stereocenters. The minimum absolute atomic E-state index is 0.109. The Labute approximate surface area is 220 Å². The van der Waals surface area contributed by atoms with Gasteiger partial charge in [0.15, 0.2) is 10.6 Å². The van der Waals surface area contributed by atoms with Crippen molar-refractivity contribution < 1.29 is 29.0 Å². The Morgan fingerprint density at radius 1 is 1.24 bits per heavy atom. The van der Waals surface area contributed by atoms with Gasteiger partial charge < -0.3 is 19.3 Å². The number of thiazole rings is 1. The smallest absolute Gasteiger partial charge is 0.338 e. The van der Waals surface area contributed by atoms with Gasteiger partial charge >= 0.3 is 11.7 Å². The van der Waals surface area contributed by atoms with Gasteiger partial charge in [-0.05, 0) is 44.5 Å². The van der Waals surface area contributed by atoms with E-state index in [-0.39, 0.29) is 28.0 Å². The van der Waals surface area contributed by atoms with Crippen LogP contribution in [-0.2, 0) is 9.53 Å². The van der Waals surface area contributed by atoms with Gasteiger partial charge in [0.2, 0.25) is 5.75 Å². The summed E-state index contributed by atoms with van der Waals surface area (Å²) in [5.41, 5.74) is 0.432. The van der Waals surface area contributed by atoms with E-state index in [0.29, 0.717) is 28.4 Å². The number of rotatable bonds is 8. The number of nitro benzene ring substituents is 1. The zero-order chi connectivity index (χ0) is 27.6. The molecule has 1 aliphatic heterocycles. The van der Waals surface area contributed by atoms with Crippen LogP contribution in [0.15, 0.2) is 57.5 Å². The van der Waals surface area contributed by atoms with E-state index >= 15 is 0 Å². The minimum Gasteiger partial charge on any atom is -0.500 e. The summed E-state index contributed by atoms with van der Waals surface area (Å²) in [7, 11) is 1.27. The van der Waals surface area contributed by atoms with Crippen molar-refractivity contribution in [3.8, 4) is 17.2 Å². The molecule has 0 aliphatic carbocycles. The van der Waals surface area contributed by atoms with Crippen molar-refractivity contribution in [3.63, 3.8) is 0 Å². The van der Waals surface area contributed by atoms with Gasteiger partial charge in [0.25, 0.3) is 5.56 Å². The molecule has 3 aromatic rings. The first kappa shape index (κ1) is 26.6. The Morgan fingerprint density at radius 2 is 1.97 bits per heavy atom. The number of nitro groups is 1. The van der Waals surface area contributed by atoms with Crippen LogP contribution in [0.4, 0.5) is 5.69 Å². The van der Waals surface area contributed by atoms with Gasteiger partial charge in [-0.25, -0.2) is 9.79 Å². The molecule has 0 saturated carbocycles. The van der Waals surface area contributed by atoms with Crippen molar-refractivity contribution in [2.75, 3.05) is 20.3 Å². The Hall–Kier alpha value is -4.45. The molecular weight excluding hydrogens is 514 g/mol. The summed E-state index contributed by atoms with van der Waals surface area (Å²) in [5, 5.41) is 21.5. The molecule has 38 heavy (non-hydrogen) atoms. The number of aromatic nitrogens is 1. The van der Waals surface area contributed by atoms with Crippen LogP contribution in [0.25, 0.3) is 6.08 Å². The molecule has 11 nitrogen and oxygen atoms in total. The first-order valence-corrected chi connectivity index (χ1v) is 12.5. The second-order valence-corrected chi connectivity index (χ2v) is 9.13. The predicted octanol–water partition coefficient (Wildman–Crippen LogP) is 2.82. The zero-order valence-corrected chi connectivity index (χ0v) is 21.9.